The summed E-state index contributed by atoms with van der Waals surface area (Å²) < 4.78 is 5.04. The molecule has 3 rings (SSSR count). The van der Waals surface area contributed by atoms with E-state index in [2.05, 4.69) is 24.3 Å². The Bertz CT molecular complexity index is 579. The summed E-state index contributed by atoms with van der Waals surface area (Å²) in [6, 6.07) is 20.5. The molecule has 20 heavy (non-hydrogen) atoms. The van der Waals surface area contributed by atoms with E-state index in [1.54, 1.807) is 0 Å². The number of ether oxygens (including phenoxy) is 1. The first-order valence-electron chi connectivity index (χ1n) is 6.84. The number of carbonyl (C=O) groups is 1. The lowest BCUT2D eigenvalue weighted by Crippen LogP contribution is -2.26. The molecule has 2 aromatic rings. The number of rotatable bonds is 3. The molecule has 102 valence electrons. The van der Waals surface area contributed by atoms with Gasteiger partial charge in [-0.25, -0.2) is 0 Å². The number of carbonyl (C=O) groups excluding carboxylic acids is 1. The lowest BCUT2D eigenvalue weighted by molar-refractivity contribution is -0.147. The van der Waals surface area contributed by atoms with Gasteiger partial charge in [-0.05, 0) is 24.5 Å². The van der Waals surface area contributed by atoms with Gasteiger partial charge in [0.05, 0.1) is 12.5 Å². The van der Waals surface area contributed by atoms with Gasteiger partial charge in [0.15, 0.2) is 0 Å². The Morgan fingerprint density at radius 1 is 0.950 bits per heavy atom. The molecule has 2 aromatic carbocycles. The summed E-state index contributed by atoms with van der Waals surface area (Å²) in [4.78, 5) is 12.2. The smallest absolute Gasteiger partial charge is 0.312 e. The van der Waals surface area contributed by atoms with Crippen LogP contribution < -0.4 is 0 Å². The molecule has 0 spiro atoms. The molecule has 2 heteroatoms. The Kier molecular flexibility index (Phi) is 2.89. The first-order chi connectivity index (χ1) is 9.65. The minimum absolute atomic E-state index is 0.134. The average Bonchev–Trinajstić information content (AvgIpc) is 3.17. The maximum atomic E-state index is 12.2. The van der Waals surface area contributed by atoms with Crippen LogP contribution in [0, 0.1) is 5.41 Å². The molecule has 1 fully saturated rings. The highest BCUT2D eigenvalue weighted by molar-refractivity contribution is 5.85. The monoisotopic (exact) mass is 266 g/mol. The van der Waals surface area contributed by atoms with Crippen LogP contribution in [0.5, 0.6) is 0 Å². The fourth-order valence-electron chi connectivity index (χ4n) is 3.41. The molecule has 0 unspecified atom stereocenters. The largest absolute Gasteiger partial charge is 0.469 e. The van der Waals surface area contributed by atoms with Crippen LogP contribution in [0.2, 0.25) is 0 Å². The van der Waals surface area contributed by atoms with Crippen LogP contribution in [0.15, 0.2) is 60.7 Å². The highest BCUT2D eigenvalue weighted by Gasteiger charge is 2.71. The predicted octanol–water partition coefficient (Wildman–Crippen LogP) is 3.56. The van der Waals surface area contributed by atoms with E-state index in [4.69, 9.17) is 4.74 Å². The lowest BCUT2D eigenvalue weighted by atomic mass is 9.81. The third-order valence-electron chi connectivity index (χ3n) is 4.60. The molecule has 1 aliphatic carbocycles. The number of benzene rings is 2. The van der Waals surface area contributed by atoms with Crippen LogP contribution >= 0.6 is 0 Å². The second-order valence-corrected chi connectivity index (χ2v) is 5.64. The molecular formula is C18H18O2. The summed E-state index contributed by atoms with van der Waals surface area (Å²) in [5.74, 6) is -0.134. The van der Waals surface area contributed by atoms with Crippen LogP contribution in [-0.4, -0.2) is 13.1 Å². The SMILES string of the molecule is COC(=O)[C@@]1(C)CC1(c1ccccc1)c1ccccc1. The van der Waals surface area contributed by atoms with E-state index < -0.39 is 5.41 Å². The molecule has 0 radical (unpaired) electrons. The van der Waals surface area contributed by atoms with E-state index in [-0.39, 0.29) is 11.4 Å². The van der Waals surface area contributed by atoms with E-state index in [0.29, 0.717) is 0 Å². The second kappa shape index (κ2) is 4.48. The van der Waals surface area contributed by atoms with Crippen molar-refractivity contribution >= 4 is 5.97 Å². The molecular weight excluding hydrogens is 248 g/mol. The van der Waals surface area contributed by atoms with Crippen molar-refractivity contribution in [2.24, 2.45) is 5.41 Å². The first kappa shape index (κ1) is 12.9. The summed E-state index contributed by atoms with van der Waals surface area (Å²) in [5, 5.41) is 0. The Morgan fingerprint density at radius 3 is 1.80 bits per heavy atom. The van der Waals surface area contributed by atoms with Crippen molar-refractivity contribution in [3.8, 4) is 0 Å². The predicted molar refractivity (Wildman–Crippen MR) is 78.4 cm³/mol. The van der Waals surface area contributed by atoms with E-state index in [9.17, 15) is 4.79 Å². The maximum absolute atomic E-state index is 12.2. The lowest BCUT2D eigenvalue weighted by Gasteiger charge is -2.22. The molecule has 1 aliphatic rings. The zero-order valence-corrected chi connectivity index (χ0v) is 11.8. The molecule has 0 aliphatic heterocycles. The van der Waals surface area contributed by atoms with Gasteiger partial charge in [0.25, 0.3) is 0 Å². The van der Waals surface area contributed by atoms with E-state index >= 15 is 0 Å². The number of methoxy groups -OCH3 is 1. The molecule has 2 nitrogen and oxygen atoms in total. The molecule has 0 amide bonds. The summed E-state index contributed by atoms with van der Waals surface area (Å²) in [7, 11) is 1.46. The van der Waals surface area contributed by atoms with Crippen LogP contribution in [0.3, 0.4) is 0 Å². The van der Waals surface area contributed by atoms with Gasteiger partial charge in [-0.15, -0.1) is 0 Å². The van der Waals surface area contributed by atoms with Crippen LogP contribution in [-0.2, 0) is 14.9 Å². The van der Waals surface area contributed by atoms with Gasteiger partial charge in [-0.2, -0.15) is 0 Å². The van der Waals surface area contributed by atoms with Crippen molar-refractivity contribution in [3.05, 3.63) is 71.8 Å². The van der Waals surface area contributed by atoms with E-state index in [0.717, 1.165) is 6.42 Å². The van der Waals surface area contributed by atoms with Crippen molar-refractivity contribution in [2.45, 2.75) is 18.8 Å². The van der Waals surface area contributed by atoms with Gasteiger partial charge in [0.2, 0.25) is 0 Å². The second-order valence-electron chi connectivity index (χ2n) is 5.64. The molecule has 0 aromatic heterocycles. The number of hydrogen-bond acceptors (Lipinski definition) is 2. The normalized spacial score (nSPS) is 23.1. The third-order valence-corrected chi connectivity index (χ3v) is 4.60. The highest BCUT2D eigenvalue weighted by Crippen LogP contribution is 2.68. The van der Waals surface area contributed by atoms with Crippen molar-refractivity contribution in [3.63, 3.8) is 0 Å². The fraction of sp³-hybridized carbons (Fsp3) is 0.278. The molecule has 1 saturated carbocycles. The molecule has 0 bridgehead atoms. The first-order valence-corrected chi connectivity index (χ1v) is 6.84. The quantitative estimate of drug-likeness (QED) is 0.794. The van der Waals surface area contributed by atoms with Crippen molar-refractivity contribution < 1.29 is 9.53 Å². The van der Waals surface area contributed by atoms with Crippen LogP contribution in [0.1, 0.15) is 24.5 Å². The van der Waals surface area contributed by atoms with Crippen LogP contribution in [0.25, 0.3) is 0 Å². The third kappa shape index (κ3) is 1.61. The number of esters is 1. The van der Waals surface area contributed by atoms with E-state index in [1.807, 2.05) is 43.3 Å². The van der Waals surface area contributed by atoms with Crippen molar-refractivity contribution in [1.82, 2.24) is 0 Å². The van der Waals surface area contributed by atoms with Gasteiger partial charge in [-0.3, -0.25) is 4.79 Å². The summed E-state index contributed by atoms with van der Waals surface area (Å²) in [5.41, 5.74) is 1.62. The summed E-state index contributed by atoms with van der Waals surface area (Å²) in [6.07, 6.45) is 0.792. The Balaban J connectivity index is 2.15. The van der Waals surface area contributed by atoms with E-state index in [1.165, 1.54) is 18.2 Å². The fourth-order valence-corrected chi connectivity index (χ4v) is 3.41. The Labute approximate surface area is 119 Å². The summed E-state index contributed by atoms with van der Waals surface area (Å²) in [6.45, 7) is 2.00. The number of hydrogen-bond donors (Lipinski definition) is 0. The maximum Gasteiger partial charge on any atom is 0.312 e. The Morgan fingerprint density at radius 2 is 1.40 bits per heavy atom. The van der Waals surface area contributed by atoms with Crippen molar-refractivity contribution in [1.29, 1.82) is 0 Å². The minimum Gasteiger partial charge on any atom is -0.469 e. The van der Waals surface area contributed by atoms with Crippen molar-refractivity contribution in [2.75, 3.05) is 7.11 Å². The zero-order chi connectivity index (χ0) is 14.2. The van der Waals surface area contributed by atoms with Gasteiger partial charge in [-0.1, -0.05) is 60.7 Å². The molecule has 0 heterocycles. The van der Waals surface area contributed by atoms with Gasteiger partial charge in [0.1, 0.15) is 0 Å². The zero-order valence-electron chi connectivity index (χ0n) is 11.8. The van der Waals surface area contributed by atoms with Crippen LogP contribution in [0.4, 0.5) is 0 Å². The van der Waals surface area contributed by atoms with Gasteiger partial charge in [0, 0.05) is 5.41 Å². The average molecular weight is 266 g/mol. The molecule has 1 atom stereocenters. The molecule has 0 saturated heterocycles. The highest BCUT2D eigenvalue weighted by atomic mass is 16.5. The topological polar surface area (TPSA) is 26.3 Å². The van der Waals surface area contributed by atoms with Gasteiger partial charge >= 0.3 is 5.97 Å². The van der Waals surface area contributed by atoms with Gasteiger partial charge < -0.3 is 4.74 Å². The molecule has 0 N–H and O–H groups in total. The standard InChI is InChI=1S/C18H18O2/c1-17(16(19)20-2)13-18(17,14-9-5-3-6-10-14)15-11-7-4-8-12-15/h3-12H,13H2,1-2H3/t17-/m1/s1. The summed E-state index contributed by atoms with van der Waals surface area (Å²) >= 11 is 0. The minimum atomic E-state index is -0.482. The Hall–Kier alpha value is -2.09.